The first-order valence-electron chi connectivity index (χ1n) is 11.7. The van der Waals surface area contributed by atoms with Gasteiger partial charge in [0, 0.05) is 0 Å². The normalized spacial score (nSPS) is 19.9. The van der Waals surface area contributed by atoms with Crippen molar-refractivity contribution in [1.82, 2.24) is 0 Å². The van der Waals surface area contributed by atoms with Gasteiger partial charge in [0.15, 0.2) is 0 Å². The topological polar surface area (TPSA) is 43.4 Å². The summed E-state index contributed by atoms with van der Waals surface area (Å²) in [4.78, 5) is 0. The molecule has 0 amide bonds. The number of fused-ring (bicyclic) bond motifs is 1. The average molecular weight is 485 g/mol. The molecule has 0 bridgehead atoms. The zero-order valence-electron chi connectivity index (χ0n) is 18.5. The Hall–Kier alpha value is -1.54. The molecule has 2 aromatic carbocycles. The van der Waals surface area contributed by atoms with Gasteiger partial charge in [-0.05, 0) is 33.1 Å². The van der Waals surface area contributed by atoms with Gasteiger partial charge in [-0.2, -0.15) is 21.6 Å². The summed E-state index contributed by atoms with van der Waals surface area (Å²) in [6.07, 6.45) is 11.1. The maximum absolute atomic E-state index is 13.3. The van der Waals surface area contributed by atoms with Gasteiger partial charge in [-0.15, -0.1) is 0 Å². The van der Waals surface area contributed by atoms with Gasteiger partial charge in [0.2, 0.25) is 0 Å². The van der Waals surface area contributed by atoms with Crippen molar-refractivity contribution in [3.63, 3.8) is 0 Å². The lowest BCUT2D eigenvalue weighted by molar-refractivity contribution is -0.0499. The van der Waals surface area contributed by atoms with E-state index in [9.17, 15) is 21.6 Å². The van der Waals surface area contributed by atoms with Gasteiger partial charge in [0.1, 0.15) is 5.75 Å². The Labute approximate surface area is 189 Å². The van der Waals surface area contributed by atoms with Crippen LogP contribution >= 0.6 is 0 Å². The molecule has 2 aromatic rings. The van der Waals surface area contributed by atoms with Crippen LogP contribution in [-0.2, 0) is 10.1 Å². The van der Waals surface area contributed by atoms with Crippen molar-refractivity contribution in [3.8, 4) is 5.75 Å². The highest BCUT2D eigenvalue weighted by Crippen LogP contribution is 2.50. The second-order valence-electron chi connectivity index (χ2n) is 9.60. The number of alkyl halides is 3. The molecule has 0 heterocycles. The van der Waals surface area contributed by atoms with Crippen LogP contribution in [0.15, 0.2) is 36.4 Å². The molecule has 2 aliphatic rings. The molecule has 3 nitrogen and oxygen atoms in total. The van der Waals surface area contributed by atoms with E-state index in [1.54, 1.807) is 6.07 Å². The van der Waals surface area contributed by atoms with E-state index in [2.05, 4.69) is 6.55 Å². The summed E-state index contributed by atoms with van der Waals surface area (Å²) in [5, 5.41) is 2.56. The van der Waals surface area contributed by atoms with Crippen molar-refractivity contribution in [1.29, 1.82) is 0 Å². The van der Waals surface area contributed by atoms with Crippen LogP contribution in [0.25, 0.3) is 10.8 Å². The van der Waals surface area contributed by atoms with E-state index in [1.165, 1.54) is 18.9 Å². The molecule has 0 spiro atoms. The summed E-state index contributed by atoms with van der Waals surface area (Å²) in [6, 6.07) is 10.8. The Morgan fingerprint density at radius 1 is 0.844 bits per heavy atom. The number of hydrogen-bond donors (Lipinski definition) is 0. The quantitative estimate of drug-likeness (QED) is 0.260. The third-order valence-electron chi connectivity index (χ3n) is 7.82. The molecule has 0 unspecified atom stereocenters. The second-order valence-corrected chi connectivity index (χ2v) is 15.8. The van der Waals surface area contributed by atoms with Crippen LogP contribution < -0.4 is 9.37 Å². The first kappa shape index (κ1) is 23.6. The average Bonchev–Trinajstić information content (AvgIpc) is 2.78. The molecular formula is C24H31F3O3SSi. The minimum absolute atomic E-state index is 0.105. The smallest absolute Gasteiger partial charge is 0.376 e. The molecule has 0 atom stereocenters. The minimum atomic E-state index is -5.74. The molecule has 2 saturated carbocycles. The lowest BCUT2D eigenvalue weighted by atomic mass is 9.99. The van der Waals surface area contributed by atoms with Gasteiger partial charge in [0.05, 0.1) is 8.07 Å². The number of rotatable bonds is 5. The van der Waals surface area contributed by atoms with E-state index in [4.69, 9.17) is 4.18 Å². The fourth-order valence-corrected chi connectivity index (χ4v) is 12.9. The highest BCUT2D eigenvalue weighted by Gasteiger charge is 2.51. The zero-order chi connectivity index (χ0) is 23.0. The SMILES string of the molecule is C[Si](c1c(OS(=O)(=O)C(F)(F)F)ccc2ccccc12)(C1CCCCC1)C1CCCCC1. The molecule has 0 aliphatic heterocycles. The molecule has 0 radical (unpaired) electrons. The van der Waals surface area contributed by atoms with Crippen LogP contribution in [0.2, 0.25) is 17.6 Å². The monoisotopic (exact) mass is 484 g/mol. The van der Waals surface area contributed by atoms with Gasteiger partial charge in [-0.1, -0.05) is 101 Å². The first-order chi connectivity index (χ1) is 15.1. The van der Waals surface area contributed by atoms with E-state index in [0.29, 0.717) is 11.1 Å². The summed E-state index contributed by atoms with van der Waals surface area (Å²) in [7, 11) is -8.19. The number of benzene rings is 2. The fraction of sp³-hybridized carbons (Fsp3) is 0.583. The molecule has 0 saturated heterocycles. The Morgan fingerprint density at radius 2 is 1.38 bits per heavy atom. The van der Waals surface area contributed by atoms with Crippen LogP contribution in [0.1, 0.15) is 64.2 Å². The van der Waals surface area contributed by atoms with E-state index in [-0.39, 0.29) is 5.75 Å². The first-order valence-corrected chi connectivity index (χ1v) is 15.7. The number of halogens is 3. The molecule has 0 N–H and O–H groups in total. The molecular weight excluding hydrogens is 453 g/mol. The predicted octanol–water partition coefficient (Wildman–Crippen LogP) is 7.02. The van der Waals surface area contributed by atoms with E-state index in [0.717, 1.165) is 67.3 Å². The molecule has 2 fully saturated rings. The largest absolute Gasteiger partial charge is 0.534 e. The van der Waals surface area contributed by atoms with Gasteiger partial charge in [-0.25, -0.2) is 0 Å². The summed E-state index contributed by atoms with van der Waals surface area (Å²) < 4.78 is 68.8. The van der Waals surface area contributed by atoms with Crippen LogP contribution in [-0.4, -0.2) is 22.0 Å². The lowest BCUT2D eigenvalue weighted by Gasteiger charge is -2.46. The minimum Gasteiger partial charge on any atom is -0.376 e. The highest BCUT2D eigenvalue weighted by molar-refractivity contribution is 7.88. The van der Waals surface area contributed by atoms with Gasteiger partial charge in [0.25, 0.3) is 0 Å². The van der Waals surface area contributed by atoms with Crippen LogP contribution in [0.5, 0.6) is 5.75 Å². The number of hydrogen-bond acceptors (Lipinski definition) is 3. The molecule has 2 aliphatic carbocycles. The third-order valence-corrected chi connectivity index (χ3v) is 14.9. The third kappa shape index (κ3) is 4.32. The molecule has 0 aromatic heterocycles. The Balaban J connectivity index is 1.95. The zero-order valence-corrected chi connectivity index (χ0v) is 20.3. The van der Waals surface area contributed by atoms with Gasteiger partial charge < -0.3 is 4.18 Å². The van der Waals surface area contributed by atoms with Crippen LogP contribution in [0, 0.1) is 0 Å². The Kier molecular flexibility index (Phi) is 6.65. The highest BCUT2D eigenvalue weighted by atomic mass is 32.2. The van der Waals surface area contributed by atoms with Crippen molar-refractivity contribution in [3.05, 3.63) is 36.4 Å². The van der Waals surface area contributed by atoms with E-state index in [1.807, 2.05) is 24.3 Å². The Bertz CT molecular complexity index is 1040. The predicted molar refractivity (Wildman–Crippen MR) is 124 cm³/mol. The van der Waals surface area contributed by atoms with Crippen molar-refractivity contribution >= 4 is 34.2 Å². The van der Waals surface area contributed by atoms with Gasteiger partial charge in [-0.3, -0.25) is 0 Å². The van der Waals surface area contributed by atoms with Crippen molar-refractivity contribution in [2.24, 2.45) is 0 Å². The molecule has 8 heteroatoms. The second kappa shape index (κ2) is 9.01. The van der Waals surface area contributed by atoms with Crippen molar-refractivity contribution in [2.45, 2.75) is 87.3 Å². The van der Waals surface area contributed by atoms with Crippen molar-refractivity contribution in [2.75, 3.05) is 0 Å². The standard InChI is InChI=1S/C24H31F3O3SSi/c1-32(19-11-4-2-5-12-19,20-13-6-3-7-14-20)23-21-15-9-8-10-18(21)16-17-22(23)30-31(28,29)24(25,26)27/h8-10,15-17,19-20H,2-7,11-14H2,1H3. The van der Waals surface area contributed by atoms with E-state index >= 15 is 0 Å². The van der Waals surface area contributed by atoms with Crippen LogP contribution in [0.3, 0.4) is 0 Å². The summed E-state index contributed by atoms with van der Waals surface area (Å²) in [5.74, 6) is -0.105. The van der Waals surface area contributed by atoms with Crippen molar-refractivity contribution < 1.29 is 25.8 Å². The maximum Gasteiger partial charge on any atom is 0.534 e. The van der Waals surface area contributed by atoms with E-state index < -0.39 is 23.7 Å². The Morgan fingerprint density at radius 3 is 1.91 bits per heavy atom. The summed E-state index contributed by atoms with van der Waals surface area (Å²) >= 11 is 0. The maximum atomic E-state index is 13.3. The molecule has 4 rings (SSSR count). The summed E-state index contributed by atoms with van der Waals surface area (Å²) in [5.41, 5.74) is -4.62. The lowest BCUT2D eigenvalue weighted by Crippen LogP contribution is -2.55. The van der Waals surface area contributed by atoms with Gasteiger partial charge >= 0.3 is 15.6 Å². The summed E-state index contributed by atoms with van der Waals surface area (Å²) in [6.45, 7) is 2.30. The fourth-order valence-electron chi connectivity index (χ4n) is 6.19. The molecule has 32 heavy (non-hydrogen) atoms. The molecule has 176 valence electrons. The van der Waals surface area contributed by atoms with Crippen LogP contribution in [0.4, 0.5) is 13.2 Å².